The zero-order chi connectivity index (χ0) is 9.26. The second-order valence-electron chi connectivity index (χ2n) is 2.50. The summed E-state index contributed by atoms with van der Waals surface area (Å²) in [6.07, 6.45) is 4.77. The van der Waals surface area contributed by atoms with E-state index in [-0.39, 0.29) is 11.2 Å². The lowest BCUT2D eigenvalue weighted by molar-refractivity contribution is -0.662. The van der Waals surface area contributed by atoms with Gasteiger partial charge in [0, 0.05) is 6.20 Å². The summed E-state index contributed by atoms with van der Waals surface area (Å²) in [6.45, 7) is 0. The Bertz CT molecular complexity index is 458. The van der Waals surface area contributed by atoms with Crippen LogP contribution in [0.25, 0.3) is 5.95 Å². The van der Waals surface area contributed by atoms with Crippen LogP contribution < -0.4 is 16.0 Å². The average Bonchev–Trinajstić information content (AvgIpc) is 2.62. The molecule has 0 fully saturated rings. The summed E-state index contributed by atoms with van der Waals surface area (Å²) in [5, 5.41) is 2.84. The van der Waals surface area contributed by atoms with E-state index in [2.05, 4.69) is 15.1 Å². The predicted molar refractivity (Wildman–Crippen MR) is 45.2 cm³/mol. The van der Waals surface area contributed by atoms with Crippen LogP contribution in [0, 0.1) is 0 Å². The maximum Gasteiger partial charge on any atom is 0.421 e. The molecule has 13 heavy (non-hydrogen) atoms. The highest BCUT2D eigenvalue weighted by atomic mass is 16.1. The Morgan fingerprint density at radius 1 is 1.54 bits per heavy atom. The summed E-state index contributed by atoms with van der Waals surface area (Å²) in [5.41, 5.74) is 5.08. The number of nitrogens with zero attached hydrogens (tertiary/aromatic N) is 2. The fourth-order valence-corrected chi connectivity index (χ4v) is 0.945. The first kappa shape index (κ1) is 7.53. The highest BCUT2D eigenvalue weighted by Gasteiger charge is 2.09. The van der Waals surface area contributed by atoms with Crippen LogP contribution in [-0.4, -0.2) is 15.1 Å². The number of H-pyrrole nitrogens is 2. The van der Waals surface area contributed by atoms with Crippen LogP contribution in [0.15, 0.2) is 29.5 Å². The van der Waals surface area contributed by atoms with Crippen LogP contribution in [-0.2, 0) is 0 Å². The number of hydrogen-bond donors (Lipinski definition) is 3. The molecule has 2 aromatic heterocycles. The van der Waals surface area contributed by atoms with Crippen molar-refractivity contribution in [1.82, 2.24) is 15.1 Å². The minimum Gasteiger partial charge on any atom is -0.391 e. The van der Waals surface area contributed by atoms with Crippen molar-refractivity contribution < 1.29 is 4.68 Å². The normalized spacial score (nSPS) is 10.2. The van der Waals surface area contributed by atoms with Crippen LogP contribution in [0.5, 0.6) is 0 Å². The summed E-state index contributed by atoms with van der Waals surface area (Å²) in [5.74, 6) is 0.407. The maximum absolute atomic E-state index is 11.1. The second kappa shape index (κ2) is 2.74. The Kier molecular flexibility index (Phi) is 1.59. The van der Waals surface area contributed by atoms with Crippen LogP contribution >= 0.6 is 0 Å². The topological polar surface area (TPSA) is 91.4 Å². The molecule has 0 aromatic carbocycles. The van der Waals surface area contributed by atoms with Gasteiger partial charge in [-0.1, -0.05) is 4.98 Å². The van der Waals surface area contributed by atoms with Crippen molar-refractivity contribution in [2.24, 2.45) is 0 Å². The summed E-state index contributed by atoms with van der Waals surface area (Å²) >= 11 is 0. The number of rotatable bonds is 1. The highest BCUT2D eigenvalue weighted by molar-refractivity contribution is 5.31. The molecule has 0 unspecified atom stereocenters. The van der Waals surface area contributed by atoms with Crippen molar-refractivity contribution in [3.63, 3.8) is 0 Å². The summed E-state index contributed by atoms with van der Waals surface area (Å²) in [7, 11) is 0. The molecule has 6 nitrogen and oxygen atoms in total. The van der Waals surface area contributed by atoms with E-state index in [1.165, 1.54) is 6.20 Å². The molecule has 0 aliphatic carbocycles. The number of nitrogens with one attached hydrogen (secondary N) is 2. The number of hydrogen-bond acceptors (Lipinski definition) is 3. The molecule has 0 atom stereocenters. The molecular weight excluding hydrogens is 170 g/mol. The molecule has 6 heteroatoms. The Labute approximate surface area is 73.0 Å². The molecule has 66 valence electrons. The summed E-state index contributed by atoms with van der Waals surface area (Å²) in [6, 6.07) is 1.79. The van der Waals surface area contributed by atoms with Crippen LogP contribution in [0.3, 0.4) is 0 Å². The lowest BCUT2D eigenvalue weighted by atomic mass is 10.5. The van der Waals surface area contributed by atoms with E-state index in [9.17, 15) is 4.79 Å². The van der Waals surface area contributed by atoms with E-state index in [1.54, 1.807) is 23.1 Å². The van der Waals surface area contributed by atoms with Gasteiger partial charge < -0.3 is 5.73 Å². The van der Waals surface area contributed by atoms with Gasteiger partial charge in [-0.3, -0.25) is 5.10 Å². The first-order valence-corrected chi connectivity index (χ1v) is 3.67. The second-order valence-corrected chi connectivity index (χ2v) is 2.50. The first-order chi connectivity index (χ1) is 6.27. The minimum atomic E-state index is -0.341. The Hall–Kier alpha value is -2.11. The molecule has 0 amide bonds. The van der Waals surface area contributed by atoms with Gasteiger partial charge >= 0.3 is 11.5 Å². The summed E-state index contributed by atoms with van der Waals surface area (Å²) in [4.78, 5) is 17.5. The molecule has 0 saturated carbocycles. The molecule has 0 saturated heterocycles. The standard InChI is InChI=1S/C7H7N5O/c8-5-4-9-7(11-6(5)13)12-3-1-2-10-12/h1-4H,8H2,(H,9,11,13)/p+1. The molecule has 0 radical (unpaired) electrons. The molecule has 0 aliphatic heterocycles. The highest BCUT2D eigenvalue weighted by Crippen LogP contribution is 1.87. The van der Waals surface area contributed by atoms with E-state index >= 15 is 0 Å². The quantitative estimate of drug-likeness (QED) is 0.487. The SMILES string of the molecule is Nc1cnc(-[n+]2ccc[nH]2)[nH]c1=O. The molecule has 2 heterocycles. The Morgan fingerprint density at radius 3 is 3.00 bits per heavy atom. The molecular formula is C7H8N5O+. The third-order valence-electron chi connectivity index (χ3n) is 1.59. The van der Waals surface area contributed by atoms with Gasteiger partial charge in [-0.25, -0.2) is 9.78 Å². The van der Waals surface area contributed by atoms with Gasteiger partial charge in [-0.05, 0) is 6.07 Å². The number of nitrogens with two attached hydrogens (primary N) is 1. The number of aromatic nitrogens is 4. The lowest BCUT2D eigenvalue weighted by Gasteiger charge is -1.90. The van der Waals surface area contributed by atoms with Gasteiger partial charge in [0.05, 0.1) is 6.20 Å². The number of nitrogen functional groups attached to an aromatic ring is 1. The van der Waals surface area contributed by atoms with E-state index in [0.717, 1.165) is 0 Å². The van der Waals surface area contributed by atoms with Crippen LogP contribution in [0.1, 0.15) is 0 Å². The third kappa shape index (κ3) is 1.28. The monoisotopic (exact) mass is 178 g/mol. The largest absolute Gasteiger partial charge is 0.421 e. The van der Waals surface area contributed by atoms with Crippen molar-refractivity contribution in [1.29, 1.82) is 0 Å². The molecule has 2 aromatic rings. The third-order valence-corrected chi connectivity index (χ3v) is 1.59. The van der Waals surface area contributed by atoms with Crippen molar-refractivity contribution in [2.75, 3.05) is 5.73 Å². The minimum absolute atomic E-state index is 0.107. The van der Waals surface area contributed by atoms with E-state index in [0.29, 0.717) is 5.95 Å². The fourth-order valence-electron chi connectivity index (χ4n) is 0.945. The van der Waals surface area contributed by atoms with E-state index in [1.807, 2.05) is 0 Å². The molecule has 0 bridgehead atoms. The van der Waals surface area contributed by atoms with Crippen LogP contribution in [0.2, 0.25) is 0 Å². The molecule has 4 N–H and O–H groups in total. The smallest absolute Gasteiger partial charge is 0.391 e. The van der Waals surface area contributed by atoms with Crippen molar-refractivity contribution in [3.8, 4) is 5.95 Å². The van der Waals surface area contributed by atoms with Crippen LogP contribution in [0.4, 0.5) is 5.69 Å². The van der Waals surface area contributed by atoms with Crippen molar-refractivity contribution >= 4 is 5.69 Å². The Morgan fingerprint density at radius 2 is 2.38 bits per heavy atom. The maximum atomic E-state index is 11.1. The van der Waals surface area contributed by atoms with Crippen molar-refractivity contribution in [2.45, 2.75) is 0 Å². The zero-order valence-corrected chi connectivity index (χ0v) is 6.69. The van der Waals surface area contributed by atoms with Gasteiger partial charge in [0.15, 0.2) is 0 Å². The van der Waals surface area contributed by atoms with Gasteiger partial charge in [-0.15, -0.1) is 4.68 Å². The number of aromatic amines is 2. The molecule has 0 spiro atoms. The average molecular weight is 178 g/mol. The van der Waals surface area contributed by atoms with Gasteiger partial charge in [-0.2, -0.15) is 0 Å². The molecule has 0 aliphatic rings. The van der Waals surface area contributed by atoms with Gasteiger partial charge in [0.2, 0.25) is 0 Å². The zero-order valence-electron chi connectivity index (χ0n) is 6.69. The first-order valence-electron chi connectivity index (χ1n) is 3.67. The Balaban J connectivity index is 2.55. The van der Waals surface area contributed by atoms with E-state index in [4.69, 9.17) is 5.73 Å². The fraction of sp³-hybridized carbons (Fsp3) is 0. The van der Waals surface area contributed by atoms with Crippen molar-refractivity contribution in [3.05, 3.63) is 35.0 Å². The predicted octanol–water partition coefficient (Wildman–Crippen LogP) is -1.04. The van der Waals surface area contributed by atoms with Gasteiger partial charge in [0.25, 0.3) is 0 Å². The lowest BCUT2D eigenvalue weighted by Crippen LogP contribution is -2.36. The molecule has 2 rings (SSSR count). The number of anilines is 1. The van der Waals surface area contributed by atoms with E-state index < -0.39 is 0 Å². The van der Waals surface area contributed by atoms with Gasteiger partial charge in [0.1, 0.15) is 11.9 Å². The summed E-state index contributed by atoms with van der Waals surface area (Å²) < 4.78 is 1.57.